The zero-order chi connectivity index (χ0) is 18.9. The van der Waals surface area contributed by atoms with Crippen molar-refractivity contribution in [2.45, 2.75) is 24.3 Å². The largest absolute Gasteiger partial charge is 0.497 e. The van der Waals surface area contributed by atoms with E-state index in [1.165, 1.54) is 19.2 Å². The van der Waals surface area contributed by atoms with Crippen LogP contribution < -0.4 is 9.46 Å². The molecule has 1 fully saturated rings. The summed E-state index contributed by atoms with van der Waals surface area (Å²) in [5, 5.41) is 11.3. The van der Waals surface area contributed by atoms with Gasteiger partial charge in [-0.3, -0.25) is 10.1 Å². The number of benzene rings is 2. The molecule has 0 saturated heterocycles. The number of nitrogens with zero attached hydrogens (tertiary/aromatic N) is 1. The molecule has 1 aliphatic rings. The maximum Gasteiger partial charge on any atom is 0.293 e. The van der Waals surface area contributed by atoms with Crippen LogP contribution in [0.15, 0.2) is 53.4 Å². The summed E-state index contributed by atoms with van der Waals surface area (Å²) < 4.78 is 33.5. The third kappa shape index (κ3) is 3.71. The van der Waals surface area contributed by atoms with Crippen LogP contribution in [0.4, 0.5) is 5.69 Å². The number of rotatable bonds is 7. The lowest BCUT2D eigenvalue weighted by Gasteiger charge is -2.19. The summed E-state index contributed by atoms with van der Waals surface area (Å²) in [4.78, 5) is 10.3. The smallest absolute Gasteiger partial charge is 0.293 e. The highest BCUT2D eigenvalue weighted by Crippen LogP contribution is 2.47. The molecule has 2 aromatic rings. The summed E-state index contributed by atoms with van der Waals surface area (Å²) in [6.45, 7) is 2.06. The number of sulfonamides is 1. The van der Waals surface area contributed by atoms with E-state index in [9.17, 15) is 18.5 Å². The van der Waals surface area contributed by atoms with E-state index in [0.29, 0.717) is 5.92 Å². The highest BCUT2D eigenvalue weighted by Gasteiger charge is 2.42. The number of nitro groups is 1. The average molecular weight is 376 g/mol. The lowest BCUT2D eigenvalue weighted by Crippen LogP contribution is -2.30. The lowest BCUT2D eigenvalue weighted by atomic mass is 10.0. The third-order valence-corrected chi connectivity index (χ3v) is 6.18. The van der Waals surface area contributed by atoms with Crippen LogP contribution in [0.2, 0.25) is 0 Å². The van der Waals surface area contributed by atoms with E-state index in [1.807, 2.05) is 30.3 Å². The molecule has 26 heavy (non-hydrogen) atoms. The summed E-state index contributed by atoms with van der Waals surface area (Å²) in [5.74, 6) is 0.796. The minimum absolute atomic E-state index is 0.171. The van der Waals surface area contributed by atoms with Crippen LogP contribution in [-0.2, 0) is 10.0 Å². The molecular weight excluding hydrogens is 356 g/mol. The van der Waals surface area contributed by atoms with Crippen molar-refractivity contribution in [2.75, 3.05) is 7.11 Å². The van der Waals surface area contributed by atoms with Gasteiger partial charge in [-0.05, 0) is 36.0 Å². The van der Waals surface area contributed by atoms with E-state index >= 15 is 0 Å². The Hall–Kier alpha value is -2.45. The Morgan fingerprint density at radius 1 is 1.23 bits per heavy atom. The predicted molar refractivity (Wildman–Crippen MR) is 96.4 cm³/mol. The van der Waals surface area contributed by atoms with E-state index in [2.05, 4.69) is 11.6 Å². The molecule has 0 heterocycles. The van der Waals surface area contributed by atoms with Crippen molar-refractivity contribution in [3.63, 3.8) is 0 Å². The van der Waals surface area contributed by atoms with E-state index in [1.54, 1.807) is 0 Å². The van der Waals surface area contributed by atoms with E-state index in [0.717, 1.165) is 18.1 Å². The quantitative estimate of drug-likeness (QED) is 0.591. The van der Waals surface area contributed by atoms with Crippen LogP contribution >= 0.6 is 0 Å². The van der Waals surface area contributed by atoms with Gasteiger partial charge in [0.1, 0.15) is 5.75 Å². The Labute approximate surface area is 152 Å². The van der Waals surface area contributed by atoms with Crippen LogP contribution in [0, 0.1) is 22.0 Å². The fourth-order valence-corrected chi connectivity index (χ4v) is 4.53. The van der Waals surface area contributed by atoms with Crippen molar-refractivity contribution in [1.29, 1.82) is 0 Å². The topological polar surface area (TPSA) is 98.5 Å². The molecule has 7 nitrogen and oxygen atoms in total. The first-order chi connectivity index (χ1) is 12.3. The Morgan fingerprint density at radius 3 is 2.42 bits per heavy atom. The van der Waals surface area contributed by atoms with Crippen LogP contribution in [0.25, 0.3) is 0 Å². The number of methoxy groups -OCH3 is 1. The molecule has 2 aromatic carbocycles. The normalized spacial score (nSPS) is 20.4. The van der Waals surface area contributed by atoms with Gasteiger partial charge in [-0.15, -0.1) is 0 Å². The van der Waals surface area contributed by atoms with Crippen LogP contribution in [0.3, 0.4) is 0 Å². The highest BCUT2D eigenvalue weighted by atomic mass is 32.2. The minimum Gasteiger partial charge on any atom is -0.497 e. The zero-order valence-electron chi connectivity index (χ0n) is 14.5. The minimum atomic E-state index is -4.08. The second kappa shape index (κ2) is 7.05. The molecule has 1 aliphatic carbocycles. The molecule has 0 aliphatic heterocycles. The number of nitrogens with one attached hydrogen (secondary N) is 1. The summed E-state index contributed by atoms with van der Waals surface area (Å²) in [6.07, 6.45) is 0.910. The predicted octanol–water partition coefficient (Wildman–Crippen LogP) is 3.28. The Balaban J connectivity index is 1.98. The summed E-state index contributed by atoms with van der Waals surface area (Å²) in [6, 6.07) is 12.6. The van der Waals surface area contributed by atoms with Crippen molar-refractivity contribution in [1.82, 2.24) is 4.72 Å². The molecule has 1 N–H and O–H groups in total. The van der Waals surface area contributed by atoms with Crippen LogP contribution in [-0.4, -0.2) is 20.5 Å². The van der Waals surface area contributed by atoms with Gasteiger partial charge in [-0.25, -0.2) is 13.1 Å². The molecule has 0 amide bonds. The monoisotopic (exact) mass is 376 g/mol. The van der Waals surface area contributed by atoms with Crippen molar-refractivity contribution < 1.29 is 18.1 Å². The van der Waals surface area contributed by atoms with Gasteiger partial charge in [0.05, 0.1) is 24.1 Å². The number of hydrogen-bond donors (Lipinski definition) is 1. The first-order valence-electron chi connectivity index (χ1n) is 8.23. The first kappa shape index (κ1) is 18.3. The fourth-order valence-electron chi connectivity index (χ4n) is 3.10. The number of hydrogen-bond acceptors (Lipinski definition) is 5. The standard InChI is InChI=1S/C18H20N2O5S/c1-12-10-15(12)18(13-6-4-3-5-7-13)19-26(23,24)17-9-8-14(25-2)11-16(17)20(21)22/h3-9,11-12,15,18-19H,10H2,1-2H3. The summed E-state index contributed by atoms with van der Waals surface area (Å²) >= 11 is 0. The van der Waals surface area contributed by atoms with Gasteiger partial charge in [-0.2, -0.15) is 0 Å². The van der Waals surface area contributed by atoms with Crippen molar-refractivity contribution >= 4 is 15.7 Å². The van der Waals surface area contributed by atoms with Crippen LogP contribution in [0.1, 0.15) is 24.9 Å². The van der Waals surface area contributed by atoms with Gasteiger partial charge >= 0.3 is 0 Å². The summed E-state index contributed by atoms with van der Waals surface area (Å²) in [7, 11) is -2.72. The molecule has 0 spiro atoms. The second-order valence-corrected chi connectivity index (χ2v) is 8.16. The molecule has 138 valence electrons. The molecule has 3 atom stereocenters. The second-order valence-electron chi connectivity index (χ2n) is 6.48. The fraction of sp³-hybridized carbons (Fsp3) is 0.333. The lowest BCUT2D eigenvalue weighted by molar-refractivity contribution is -0.387. The Kier molecular flexibility index (Phi) is 4.97. The SMILES string of the molecule is COc1ccc(S(=O)(=O)NC(c2ccccc2)C2CC2C)c([N+](=O)[O-])c1. The summed E-state index contributed by atoms with van der Waals surface area (Å²) in [5.41, 5.74) is 0.342. The van der Waals surface area contributed by atoms with Crippen LogP contribution in [0.5, 0.6) is 5.75 Å². The van der Waals surface area contributed by atoms with Gasteiger partial charge in [0, 0.05) is 0 Å². The molecule has 0 aromatic heterocycles. The molecule has 0 radical (unpaired) electrons. The number of nitro benzene ring substituents is 1. The maximum atomic E-state index is 12.9. The van der Waals surface area contributed by atoms with Crippen molar-refractivity contribution in [2.24, 2.45) is 11.8 Å². The molecule has 0 bridgehead atoms. The highest BCUT2D eigenvalue weighted by molar-refractivity contribution is 7.89. The van der Waals surface area contributed by atoms with E-state index < -0.39 is 26.7 Å². The molecule has 1 saturated carbocycles. The van der Waals surface area contributed by atoms with Gasteiger partial charge in [-0.1, -0.05) is 37.3 Å². The molecule has 3 unspecified atom stereocenters. The van der Waals surface area contributed by atoms with Gasteiger partial charge < -0.3 is 4.74 Å². The molecule has 8 heteroatoms. The van der Waals surface area contributed by atoms with Gasteiger partial charge in [0.15, 0.2) is 4.90 Å². The Morgan fingerprint density at radius 2 is 1.88 bits per heavy atom. The Bertz CT molecular complexity index is 914. The average Bonchev–Trinajstić information content (AvgIpc) is 3.36. The van der Waals surface area contributed by atoms with Crippen molar-refractivity contribution in [3.8, 4) is 5.75 Å². The van der Waals surface area contributed by atoms with Gasteiger partial charge in [0.25, 0.3) is 5.69 Å². The maximum absolute atomic E-state index is 12.9. The number of ether oxygens (including phenoxy) is 1. The third-order valence-electron chi connectivity index (χ3n) is 4.69. The van der Waals surface area contributed by atoms with Gasteiger partial charge in [0.2, 0.25) is 10.0 Å². The molecule has 3 rings (SSSR count). The van der Waals surface area contributed by atoms with Crippen molar-refractivity contribution in [3.05, 3.63) is 64.2 Å². The molecular formula is C18H20N2O5S. The van der Waals surface area contributed by atoms with E-state index in [4.69, 9.17) is 4.74 Å². The zero-order valence-corrected chi connectivity index (χ0v) is 15.3. The first-order valence-corrected chi connectivity index (χ1v) is 9.71. The van der Waals surface area contributed by atoms with E-state index in [-0.39, 0.29) is 16.6 Å².